The number of thioether (sulfide) groups is 1. The molecule has 1 atom stereocenters. The maximum Gasteiger partial charge on any atom is 0.237 e. The van der Waals surface area contributed by atoms with Crippen LogP contribution < -0.4 is 21.5 Å². The molecule has 1 aromatic carbocycles. The number of nitrogens with two attached hydrogens (primary N) is 2. The molecule has 2 aromatic rings. The molecule has 0 bridgehead atoms. The standard InChI is InChI=1S/C14H18N6O2S/c1-7-4-5-10(22-3)9(6-7)17-11(21)8(2)23-14-19-12(15)18-13(16)20-14/h4-6,8H,1-3H3,(H,17,21)(H4,15,16,18,19,20)/t8-/m0/s1. The van der Waals surface area contributed by atoms with Crippen molar-refractivity contribution < 1.29 is 9.53 Å². The highest BCUT2D eigenvalue weighted by molar-refractivity contribution is 8.00. The van der Waals surface area contributed by atoms with Crippen molar-refractivity contribution in [2.75, 3.05) is 23.9 Å². The maximum absolute atomic E-state index is 12.3. The van der Waals surface area contributed by atoms with Crippen LogP contribution in [-0.2, 0) is 4.79 Å². The van der Waals surface area contributed by atoms with Crippen molar-refractivity contribution in [1.29, 1.82) is 0 Å². The van der Waals surface area contributed by atoms with Gasteiger partial charge in [0, 0.05) is 0 Å². The molecule has 0 saturated carbocycles. The molecule has 0 fully saturated rings. The van der Waals surface area contributed by atoms with Gasteiger partial charge in [0.15, 0.2) is 5.16 Å². The Labute approximate surface area is 138 Å². The van der Waals surface area contributed by atoms with Gasteiger partial charge in [-0.1, -0.05) is 17.8 Å². The Morgan fingerprint density at radius 1 is 1.26 bits per heavy atom. The van der Waals surface area contributed by atoms with Gasteiger partial charge in [0.05, 0.1) is 18.0 Å². The van der Waals surface area contributed by atoms with E-state index in [4.69, 9.17) is 16.2 Å². The van der Waals surface area contributed by atoms with Crippen LogP contribution in [-0.4, -0.2) is 33.2 Å². The number of rotatable bonds is 5. The summed E-state index contributed by atoms with van der Waals surface area (Å²) in [7, 11) is 1.55. The average Bonchev–Trinajstić information content (AvgIpc) is 2.46. The fourth-order valence-corrected chi connectivity index (χ4v) is 2.58. The highest BCUT2D eigenvalue weighted by atomic mass is 32.2. The van der Waals surface area contributed by atoms with Crippen molar-refractivity contribution in [3.8, 4) is 5.75 Å². The summed E-state index contributed by atoms with van der Waals surface area (Å²) in [6.07, 6.45) is 0. The molecule has 0 spiro atoms. The topological polar surface area (TPSA) is 129 Å². The third kappa shape index (κ3) is 4.46. The average molecular weight is 334 g/mol. The van der Waals surface area contributed by atoms with E-state index < -0.39 is 5.25 Å². The Morgan fingerprint density at radius 3 is 2.52 bits per heavy atom. The first-order valence-corrected chi connectivity index (χ1v) is 7.66. The molecule has 1 amide bonds. The number of hydrogen-bond donors (Lipinski definition) is 3. The lowest BCUT2D eigenvalue weighted by Gasteiger charge is -2.14. The Morgan fingerprint density at radius 2 is 1.91 bits per heavy atom. The number of aryl methyl sites for hydroxylation is 1. The van der Waals surface area contributed by atoms with Crippen molar-refractivity contribution in [3.05, 3.63) is 23.8 Å². The van der Waals surface area contributed by atoms with Gasteiger partial charge >= 0.3 is 0 Å². The first-order chi connectivity index (χ1) is 10.9. The minimum Gasteiger partial charge on any atom is -0.495 e. The Bertz CT molecular complexity index is 704. The number of methoxy groups -OCH3 is 1. The summed E-state index contributed by atoms with van der Waals surface area (Å²) < 4.78 is 5.24. The molecule has 23 heavy (non-hydrogen) atoms. The summed E-state index contributed by atoms with van der Waals surface area (Å²) in [5.74, 6) is 0.423. The van der Waals surface area contributed by atoms with Gasteiger partial charge < -0.3 is 21.5 Å². The summed E-state index contributed by atoms with van der Waals surface area (Å²) in [5, 5.41) is 2.68. The molecule has 0 radical (unpaired) electrons. The van der Waals surface area contributed by atoms with Crippen molar-refractivity contribution in [2.45, 2.75) is 24.3 Å². The van der Waals surface area contributed by atoms with E-state index in [0.717, 1.165) is 17.3 Å². The quantitative estimate of drug-likeness (QED) is 0.701. The second kappa shape index (κ2) is 7.14. The molecule has 9 heteroatoms. The number of aromatic nitrogens is 3. The highest BCUT2D eigenvalue weighted by Gasteiger charge is 2.18. The molecule has 0 aliphatic heterocycles. The second-order valence-electron chi connectivity index (χ2n) is 4.79. The number of nitrogen functional groups attached to an aromatic ring is 2. The predicted molar refractivity (Wildman–Crippen MR) is 90.3 cm³/mol. The zero-order valence-electron chi connectivity index (χ0n) is 13.0. The van der Waals surface area contributed by atoms with Gasteiger partial charge in [-0.15, -0.1) is 0 Å². The van der Waals surface area contributed by atoms with Crippen LogP contribution in [0.1, 0.15) is 12.5 Å². The normalized spacial score (nSPS) is 11.8. The number of nitrogens with zero attached hydrogens (tertiary/aromatic N) is 3. The molecule has 0 unspecified atom stereocenters. The van der Waals surface area contributed by atoms with Gasteiger partial charge in [-0.05, 0) is 31.5 Å². The second-order valence-corrected chi connectivity index (χ2v) is 6.10. The number of hydrogen-bond acceptors (Lipinski definition) is 8. The van der Waals surface area contributed by atoms with E-state index in [1.54, 1.807) is 20.1 Å². The van der Waals surface area contributed by atoms with Crippen LogP contribution in [0.3, 0.4) is 0 Å². The van der Waals surface area contributed by atoms with Gasteiger partial charge in [0.25, 0.3) is 0 Å². The number of carbonyl (C=O) groups is 1. The minimum atomic E-state index is -0.457. The van der Waals surface area contributed by atoms with Crippen LogP contribution in [0.25, 0.3) is 0 Å². The predicted octanol–water partition coefficient (Wildman–Crippen LogP) is 1.47. The summed E-state index contributed by atoms with van der Waals surface area (Å²) in [6, 6.07) is 5.55. The van der Waals surface area contributed by atoms with E-state index in [1.165, 1.54) is 0 Å². The van der Waals surface area contributed by atoms with Crippen LogP contribution in [0, 0.1) is 6.92 Å². The van der Waals surface area contributed by atoms with Crippen molar-refractivity contribution in [1.82, 2.24) is 15.0 Å². The van der Waals surface area contributed by atoms with Gasteiger partial charge in [-0.25, -0.2) is 0 Å². The number of benzene rings is 1. The summed E-state index contributed by atoms with van der Waals surface area (Å²) >= 11 is 1.14. The summed E-state index contributed by atoms with van der Waals surface area (Å²) in [6.45, 7) is 3.67. The third-order valence-electron chi connectivity index (χ3n) is 2.91. The lowest BCUT2D eigenvalue weighted by atomic mass is 10.2. The SMILES string of the molecule is COc1ccc(C)cc1NC(=O)[C@H](C)Sc1nc(N)nc(N)n1. The van der Waals surface area contributed by atoms with E-state index >= 15 is 0 Å². The molecule has 0 aliphatic carbocycles. The van der Waals surface area contributed by atoms with E-state index in [0.29, 0.717) is 16.6 Å². The Kier molecular flexibility index (Phi) is 5.22. The fraction of sp³-hybridized carbons (Fsp3) is 0.286. The largest absolute Gasteiger partial charge is 0.495 e. The molecule has 8 nitrogen and oxygen atoms in total. The molecule has 0 saturated heterocycles. The molecule has 1 heterocycles. The van der Waals surface area contributed by atoms with Crippen LogP contribution in [0.5, 0.6) is 5.75 Å². The summed E-state index contributed by atoms with van der Waals surface area (Å²) in [4.78, 5) is 23.9. The van der Waals surface area contributed by atoms with Crippen LogP contribution >= 0.6 is 11.8 Å². The fourth-order valence-electron chi connectivity index (χ4n) is 1.81. The molecule has 5 N–H and O–H groups in total. The van der Waals surface area contributed by atoms with Crippen molar-refractivity contribution in [3.63, 3.8) is 0 Å². The number of nitrogens with one attached hydrogen (secondary N) is 1. The summed E-state index contributed by atoms with van der Waals surface area (Å²) in [5.41, 5.74) is 12.7. The van der Waals surface area contributed by atoms with Crippen LogP contribution in [0.2, 0.25) is 0 Å². The monoisotopic (exact) mass is 334 g/mol. The first-order valence-electron chi connectivity index (χ1n) is 6.78. The van der Waals surface area contributed by atoms with E-state index in [-0.39, 0.29) is 17.8 Å². The number of carbonyl (C=O) groups excluding carboxylic acids is 1. The zero-order chi connectivity index (χ0) is 17.0. The number of amides is 1. The highest BCUT2D eigenvalue weighted by Crippen LogP contribution is 2.27. The van der Waals surface area contributed by atoms with Gasteiger partial charge in [-0.3, -0.25) is 4.79 Å². The van der Waals surface area contributed by atoms with E-state index in [9.17, 15) is 4.79 Å². The van der Waals surface area contributed by atoms with Gasteiger partial charge in [0.1, 0.15) is 5.75 Å². The molecule has 122 valence electrons. The molecular weight excluding hydrogens is 316 g/mol. The minimum absolute atomic E-state index is 0.0213. The molecular formula is C14H18N6O2S. The third-order valence-corrected chi connectivity index (χ3v) is 3.87. The van der Waals surface area contributed by atoms with Crippen molar-refractivity contribution >= 4 is 35.3 Å². The van der Waals surface area contributed by atoms with E-state index in [2.05, 4.69) is 20.3 Å². The Balaban J connectivity index is 2.09. The van der Waals surface area contributed by atoms with Gasteiger partial charge in [-0.2, -0.15) is 15.0 Å². The Hall–Kier alpha value is -2.55. The molecule has 2 rings (SSSR count). The maximum atomic E-state index is 12.3. The molecule has 0 aliphatic rings. The number of ether oxygens (including phenoxy) is 1. The van der Waals surface area contributed by atoms with E-state index in [1.807, 2.05) is 19.1 Å². The lowest BCUT2D eigenvalue weighted by molar-refractivity contribution is -0.115. The van der Waals surface area contributed by atoms with Crippen molar-refractivity contribution in [2.24, 2.45) is 0 Å². The molecule has 1 aromatic heterocycles. The smallest absolute Gasteiger partial charge is 0.237 e. The van der Waals surface area contributed by atoms with Crippen LogP contribution in [0.4, 0.5) is 17.6 Å². The number of anilines is 3. The van der Waals surface area contributed by atoms with Gasteiger partial charge in [0.2, 0.25) is 17.8 Å². The first kappa shape index (κ1) is 16.8. The van der Waals surface area contributed by atoms with Crippen LogP contribution in [0.15, 0.2) is 23.4 Å². The zero-order valence-corrected chi connectivity index (χ0v) is 13.8. The lowest BCUT2D eigenvalue weighted by Crippen LogP contribution is -2.23.